The van der Waals surface area contributed by atoms with Gasteiger partial charge in [-0.2, -0.15) is 0 Å². The zero-order valence-corrected chi connectivity index (χ0v) is 14.1. The monoisotopic (exact) mass is 337 g/mol. The van der Waals surface area contributed by atoms with Gasteiger partial charge in [0.2, 0.25) is 0 Å². The largest absolute Gasteiger partial charge is 0.497 e. The lowest BCUT2D eigenvalue weighted by Gasteiger charge is -2.18. The lowest BCUT2D eigenvalue weighted by molar-refractivity contribution is -0.144. The average molecular weight is 337 g/mol. The number of methoxy groups -OCH3 is 1. The van der Waals surface area contributed by atoms with Gasteiger partial charge in [-0.1, -0.05) is 24.3 Å². The van der Waals surface area contributed by atoms with Crippen LogP contribution in [0, 0.1) is 0 Å². The molecule has 6 heteroatoms. The van der Waals surface area contributed by atoms with Crippen molar-refractivity contribution in [1.82, 2.24) is 9.97 Å². The van der Waals surface area contributed by atoms with Crippen molar-refractivity contribution in [3.8, 4) is 5.75 Å². The van der Waals surface area contributed by atoms with Crippen LogP contribution in [-0.2, 0) is 9.53 Å². The number of carbonyl (C=O) groups excluding carboxylic acids is 1. The van der Waals surface area contributed by atoms with E-state index in [2.05, 4.69) is 15.3 Å². The molecule has 0 spiro atoms. The second-order valence-electron chi connectivity index (χ2n) is 5.35. The van der Waals surface area contributed by atoms with Crippen molar-refractivity contribution >= 4 is 22.8 Å². The predicted molar refractivity (Wildman–Crippen MR) is 95.5 cm³/mol. The molecule has 6 nitrogen and oxygen atoms in total. The lowest BCUT2D eigenvalue weighted by Crippen LogP contribution is -2.24. The van der Waals surface area contributed by atoms with E-state index < -0.39 is 6.04 Å². The van der Waals surface area contributed by atoms with E-state index in [0.29, 0.717) is 12.4 Å². The fraction of sp³-hybridized carbons (Fsp3) is 0.211. The maximum Gasteiger partial charge on any atom is 0.333 e. The molecule has 0 saturated carbocycles. The number of aromatic nitrogens is 2. The van der Waals surface area contributed by atoms with Crippen molar-refractivity contribution in [2.75, 3.05) is 19.0 Å². The van der Waals surface area contributed by atoms with Crippen LogP contribution in [0.3, 0.4) is 0 Å². The van der Waals surface area contributed by atoms with Crippen LogP contribution in [0.4, 0.5) is 5.82 Å². The van der Waals surface area contributed by atoms with Crippen LogP contribution in [0.2, 0.25) is 0 Å². The highest BCUT2D eigenvalue weighted by Crippen LogP contribution is 2.23. The number of anilines is 1. The van der Waals surface area contributed by atoms with Gasteiger partial charge in [0.15, 0.2) is 6.04 Å². The van der Waals surface area contributed by atoms with E-state index in [-0.39, 0.29) is 5.97 Å². The SMILES string of the molecule is CCOC(=O)C(Nc1cnc2ccccc2n1)c1ccc(OC)cc1. The summed E-state index contributed by atoms with van der Waals surface area (Å²) in [6.45, 7) is 2.08. The van der Waals surface area contributed by atoms with Crippen molar-refractivity contribution in [3.05, 3.63) is 60.3 Å². The van der Waals surface area contributed by atoms with Gasteiger partial charge in [0.1, 0.15) is 11.6 Å². The number of para-hydroxylation sites is 2. The summed E-state index contributed by atoms with van der Waals surface area (Å²) in [5.74, 6) is 0.854. The summed E-state index contributed by atoms with van der Waals surface area (Å²) in [6.07, 6.45) is 1.61. The van der Waals surface area contributed by atoms with Gasteiger partial charge < -0.3 is 14.8 Å². The number of nitrogens with one attached hydrogen (secondary N) is 1. The summed E-state index contributed by atoms with van der Waals surface area (Å²) in [4.78, 5) is 21.3. The molecule has 0 saturated heterocycles. The Hall–Kier alpha value is -3.15. The van der Waals surface area contributed by atoms with Crippen LogP contribution in [0.15, 0.2) is 54.7 Å². The maximum atomic E-state index is 12.4. The van der Waals surface area contributed by atoms with Gasteiger partial charge in [-0.15, -0.1) is 0 Å². The topological polar surface area (TPSA) is 73.3 Å². The number of nitrogens with zero attached hydrogens (tertiary/aromatic N) is 2. The van der Waals surface area contributed by atoms with Crippen molar-refractivity contribution in [1.29, 1.82) is 0 Å². The van der Waals surface area contributed by atoms with Crippen LogP contribution in [0.25, 0.3) is 11.0 Å². The number of hydrogen-bond donors (Lipinski definition) is 1. The molecule has 1 unspecified atom stereocenters. The quantitative estimate of drug-likeness (QED) is 0.695. The van der Waals surface area contributed by atoms with E-state index in [1.165, 1.54) is 0 Å². The molecule has 0 amide bonds. The summed E-state index contributed by atoms with van der Waals surface area (Å²) in [5.41, 5.74) is 2.31. The summed E-state index contributed by atoms with van der Waals surface area (Å²) in [7, 11) is 1.60. The van der Waals surface area contributed by atoms with Gasteiger partial charge >= 0.3 is 5.97 Å². The predicted octanol–water partition coefficient (Wildman–Crippen LogP) is 3.35. The number of benzene rings is 2. The molecular formula is C19H19N3O3. The summed E-state index contributed by atoms with van der Waals surface area (Å²) >= 11 is 0. The van der Waals surface area contributed by atoms with Crippen molar-refractivity contribution in [3.63, 3.8) is 0 Å². The highest BCUT2D eigenvalue weighted by molar-refractivity contribution is 5.81. The molecule has 1 aromatic heterocycles. The molecule has 2 aromatic carbocycles. The minimum atomic E-state index is -0.679. The molecule has 0 radical (unpaired) electrons. The lowest BCUT2D eigenvalue weighted by atomic mass is 10.1. The Bertz CT molecular complexity index is 865. The molecule has 3 aromatic rings. The Labute approximate surface area is 145 Å². The van der Waals surface area contributed by atoms with Crippen LogP contribution in [-0.4, -0.2) is 29.7 Å². The molecule has 0 aliphatic heterocycles. The standard InChI is InChI=1S/C19H19N3O3/c1-3-25-19(23)18(13-8-10-14(24-2)11-9-13)22-17-12-20-15-6-4-5-7-16(15)21-17/h4-12,18H,3H2,1-2H3,(H,21,22). The first-order valence-electron chi connectivity index (χ1n) is 8.00. The third-order valence-corrected chi connectivity index (χ3v) is 3.71. The normalized spacial score (nSPS) is 11.8. The Morgan fingerprint density at radius 2 is 1.84 bits per heavy atom. The van der Waals surface area contributed by atoms with E-state index in [0.717, 1.165) is 22.3 Å². The zero-order chi connectivity index (χ0) is 17.6. The van der Waals surface area contributed by atoms with E-state index >= 15 is 0 Å². The van der Waals surface area contributed by atoms with Gasteiger partial charge in [-0.05, 0) is 36.8 Å². The Balaban J connectivity index is 1.91. The molecule has 0 aliphatic rings. The summed E-state index contributed by atoms with van der Waals surface area (Å²) in [5, 5.41) is 3.12. The van der Waals surface area contributed by atoms with E-state index in [1.807, 2.05) is 36.4 Å². The van der Waals surface area contributed by atoms with E-state index in [4.69, 9.17) is 9.47 Å². The number of hydrogen-bond acceptors (Lipinski definition) is 6. The van der Waals surface area contributed by atoms with Crippen LogP contribution in [0.5, 0.6) is 5.75 Å². The Morgan fingerprint density at radius 3 is 2.52 bits per heavy atom. The summed E-state index contributed by atoms with van der Waals surface area (Å²) < 4.78 is 10.4. The molecule has 128 valence electrons. The van der Waals surface area contributed by atoms with Gasteiger partial charge in [-0.25, -0.2) is 9.78 Å². The van der Waals surface area contributed by atoms with Crippen molar-refractivity contribution in [2.45, 2.75) is 13.0 Å². The van der Waals surface area contributed by atoms with E-state index in [1.54, 1.807) is 32.4 Å². The molecule has 0 fully saturated rings. The third-order valence-electron chi connectivity index (χ3n) is 3.71. The molecule has 1 atom stereocenters. The van der Waals surface area contributed by atoms with Gasteiger partial charge in [0, 0.05) is 0 Å². The smallest absolute Gasteiger partial charge is 0.333 e. The Morgan fingerprint density at radius 1 is 1.12 bits per heavy atom. The molecular weight excluding hydrogens is 318 g/mol. The average Bonchev–Trinajstić information content (AvgIpc) is 2.66. The van der Waals surface area contributed by atoms with Crippen molar-refractivity contribution < 1.29 is 14.3 Å². The highest BCUT2D eigenvalue weighted by atomic mass is 16.5. The van der Waals surface area contributed by atoms with E-state index in [9.17, 15) is 4.79 Å². The van der Waals surface area contributed by atoms with Crippen LogP contribution < -0.4 is 10.1 Å². The third kappa shape index (κ3) is 3.85. The number of carbonyl (C=O) groups is 1. The molecule has 1 heterocycles. The maximum absolute atomic E-state index is 12.4. The minimum Gasteiger partial charge on any atom is -0.497 e. The second-order valence-corrected chi connectivity index (χ2v) is 5.35. The van der Waals surface area contributed by atoms with Crippen LogP contribution >= 0.6 is 0 Å². The first-order chi connectivity index (χ1) is 12.2. The fourth-order valence-corrected chi connectivity index (χ4v) is 2.47. The van der Waals surface area contributed by atoms with Gasteiger partial charge in [-0.3, -0.25) is 4.98 Å². The molecule has 0 aliphatic carbocycles. The minimum absolute atomic E-state index is 0.302. The first-order valence-corrected chi connectivity index (χ1v) is 8.00. The zero-order valence-electron chi connectivity index (χ0n) is 14.1. The molecule has 1 N–H and O–H groups in total. The number of rotatable bonds is 6. The number of ether oxygens (including phenoxy) is 2. The van der Waals surface area contributed by atoms with Crippen LogP contribution in [0.1, 0.15) is 18.5 Å². The molecule has 3 rings (SSSR count). The Kier molecular flexibility index (Phi) is 5.09. The van der Waals surface area contributed by atoms with Gasteiger partial charge in [0.25, 0.3) is 0 Å². The second kappa shape index (κ2) is 7.61. The first kappa shape index (κ1) is 16.7. The van der Waals surface area contributed by atoms with Crippen molar-refractivity contribution in [2.24, 2.45) is 0 Å². The molecule has 0 bridgehead atoms. The highest BCUT2D eigenvalue weighted by Gasteiger charge is 2.22. The number of fused-ring (bicyclic) bond motifs is 1. The molecule has 25 heavy (non-hydrogen) atoms. The number of esters is 1. The fourth-order valence-electron chi connectivity index (χ4n) is 2.47. The summed E-state index contributed by atoms with van der Waals surface area (Å²) in [6, 6.07) is 14.1. The van der Waals surface area contributed by atoms with Gasteiger partial charge in [0.05, 0.1) is 30.9 Å².